The summed E-state index contributed by atoms with van der Waals surface area (Å²) in [5.41, 5.74) is 1.02. The van der Waals surface area contributed by atoms with Crippen LogP contribution in [0.15, 0.2) is 48.5 Å². The molecule has 2 aromatic carbocycles. The Hall–Kier alpha value is -3.35. The number of esters is 1. The second kappa shape index (κ2) is 8.35. The molecule has 6 nitrogen and oxygen atoms in total. The lowest BCUT2D eigenvalue weighted by molar-refractivity contribution is -0.148. The zero-order chi connectivity index (χ0) is 19.2. The molecule has 0 bridgehead atoms. The molecule has 1 atom stereocenters. The van der Waals surface area contributed by atoms with Crippen LogP contribution in [0.2, 0.25) is 0 Å². The van der Waals surface area contributed by atoms with Crippen LogP contribution in [-0.2, 0) is 14.3 Å². The van der Waals surface area contributed by atoms with E-state index >= 15 is 0 Å². The van der Waals surface area contributed by atoms with Gasteiger partial charge >= 0.3 is 5.97 Å². The fourth-order valence-corrected chi connectivity index (χ4v) is 2.41. The highest BCUT2D eigenvalue weighted by atomic mass is 19.1. The Bertz CT molecular complexity index is 880. The van der Waals surface area contributed by atoms with Gasteiger partial charge in [0, 0.05) is 17.8 Å². The third kappa shape index (κ3) is 5.07. The molecule has 0 fully saturated rings. The van der Waals surface area contributed by atoms with E-state index in [1.54, 1.807) is 24.3 Å². The van der Waals surface area contributed by atoms with Gasteiger partial charge in [0.15, 0.2) is 17.6 Å². The summed E-state index contributed by atoms with van der Waals surface area (Å²) in [5, 5.41) is 2.65. The number of carbonyl (C=O) groups excluding carboxylic acids is 2. The number of carbonyl (C=O) groups is 2. The molecule has 0 aliphatic carbocycles. The van der Waals surface area contributed by atoms with Gasteiger partial charge in [0.25, 0.3) is 5.91 Å². The molecule has 7 heteroatoms. The Morgan fingerprint density at radius 2 is 1.93 bits per heavy atom. The molecule has 1 unspecified atom stereocenters. The number of hydrogen-bond donors (Lipinski definition) is 1. The van der Waals surface area contributed by atoms with Gasteiger partial charge in [-0.1, -0.05) is 12.1 Å². The summed E-state index contributed by atoms with van der Waals surface area (Å²) in [6.07, 6.45) is 1.54. The van der Waals surface area contributed by atoms with E-state index in [-0.39, 0.29) is 0 Å². The first-order valence-electron chi connectivity index (χ1n) is 8.36. The van der Waals surface area contributed by atoms with Gasteiger partial charge < -0.3 is 19.5 Å². The maximum atomic E-state index is 13.1. The van der Waals surface area contributed by atoms with Crippen molar-refractivity contribution in [2.75, 3.05) is 18.5 Å². The van der Waals surface area contributed by atoms with E-state index in [1.807, 2.05) is 0 Å². The Labute approximate surface area is 155 Å². The van der Waals surface area contributed by atoms with Crippen LogP contribution in [0, 0.1) is 5.82 Å². The number of hydrogen-bond acceptors (Lipinski definition) is 5. The van der Waals surface area contributed by atoms with E-state index < -0.39 is 23.8 Å². The van der Waals surface area contributed by atoms with Crippen LogP contribution < -0.4 is 14.8 Å². The highest BCUT2D eigenvalue weighted by Gasteiger charge is 2.18. The van der Waals surface area contributed by atoms with Gasteiger partial charge in [0.2, 0.25) is 0 Å². The van der Waals surface area contributed by atoms with Crippen LogP contribution in [0.4, 0.5) is 10.1 Å². The molecule has 0 radical (unpaired) electrons. The Morgan fingerprint density at radius 3 is 2.70 bits per heavy atom. The summed E-state index contributed by atoms with van der Waals surface area (Å²) < 4.78 is 29.0. The third-order valence-electron chi connectivity index (χ3n) is 3.73. The Kier molecular flexibility index (Phi) is 5.71. The van der Waals surface area contributed by atoms with Crippen molar-refractivity contribution < 1.29 is 28.2 Å². The molecule has 1 N–H and O–H groups in total. The lowest BCUT2D eigenvalue weighted by Gasteiger charge is -2.19. The van der Waals surface area contributed by atoms with Gasteiger partial charge in [-0.2, -0.15) is 0 Å². The van der Waals surface area contributed by atoms with Crippen molar-refractivity contribution >= 4 is 23.6 Å². The maximum Gasteiger partial charge on any atom is 0.331 e. The average Bonchev–Trinajstić information content (AvgIpc) is 2.66. The summed E-state index contributed by atoms with van der Waals surface area (Å²) in [5.74, 6) is -0.441. The van der Waals surface area contributed by atoms with Crippen molar-refractivity contribution in [3.8, 4) is 11.5 Å². The molecule has 1 aliphatic heterocycles. The summed E-state index contributed by atoms with van der Waals surface area (Å²) >= 11 is 0. The van der Waals surface area contributed by atoms with Crippen molar-refractivity contribution in [1.29, 1.82) is 0 Å². The van der Waals surface area contributed by atoms with Gasteiger partial charge in [-0.15, -0.1) is 0 Å². The fraction of sp³-hybridized carbons (Fsp3) is 0.200. The molecule has 0 saturated carbocycles. The van der Waals surface area contributed by atoms with Crippen LogP contribution in [0.5, 0.6) is 11.5 Å². The first kappa shape index (κ1) is 18.4. The summed E-state index contributed by atoms with van der Waals surface area (Å²) in [4.78, 5) is 24.0. The smallest absolute Gasteiger partial charge is 0.331 e. The molecule has 2 aromatic rings. The molecular weight excluding hydrogens is 353 g/mol. The number of anilines is 1. The zero-order valence-electron chi connectivity index (χ0n) is 14.6. The minimum atomic E-state index is -1.01. The van der Waals surface area contributed by atoms with Crippen molar-refractivity contribution in [3.05, 3.63) is 59.9 Å². The maximum absolute atomic E-state index is 13.1. The fourth-order valence-electron chi connectivity index (χ4n) is 2.41. The number of rotatable bonds is 5. The predicted octanol–water partition coefficient (Wildman–Crippen LogP) is 3.18. The molecule has 140 valence electrons. The van der Waals surface area contributed by atoms with Crippen molar-refractivity contribution in [2.45, 2.75) is 13.0 Å². The van der Waals surface area contributed by atoms with Crippen LogP contribution in [0.1, 0.15) is 12.5 Å². The normalized spacial score (nSPS) is 13.9. The van der Waals surface area contributed by atoms with E-state index in [1.165, 1.54) is 31.2 Å². The molecule has 0 spiro atoms. The quantitative estimate of drug-likeness (QED) is 0.646. The molecule has 3 rings (SSSR count). The number of nitrogens with one attached hydrogen (secondary N) is 1. The van der Waals surface area contributed by atoms with E-state index in [0.29, 0.717) is 36.0 Å². The summed E-state index contributed by atoms with van der Waals surface area (Å²) in [7, 11) is 0. The van der Waals surface area contributed by atoms with Gasteiger partial charge in [-0.25, -0.2) is 9.18 Å². The zero-order valence-corrected chi connectivity index (χ0v) is 14.6. The van der Waals surface area contributed by atoms with Crippen LogP contribution in [0.3, 0.4) is 0 Å². The number of fused-ring (bicyclic) bond motifs is 1. The highest BCUT2D eigenvalue weighted by Crippen LogP contribution is 2.32. The second-order valence-electron chi connectivity index (χ2n) is 5.82. The van der Waals surface area contributed by atoms with E-state index in [0.717, 1.165) is 6.08 Å². The van der Waals surface area contributed by atoms with Crippen LogP contribution >= 0.6 is 0 Å². The number of ether oxygens (including phenoxy) is 3. The molecule has 1 heterocycles. The SMILES string of the molecule is CC(OC(=O)/C=C/c1cccc(F)c1)C(=O)Nc1ccc2c(c1)OCCO2. The van der Waals surface area contributed by atoms with Gasteiger partial charge in [-0.3, -0.25) is 4.79 Å². The topological polar surface area (TPSA) is 73.9 Å². The lowest BCUT2D eigenvalue weighted by Crippen LogP contribution is -2.29. The molecule has 0 saturated heterocycles. The Morgan fingerprint density at radius 1 is 1.15 bits per heavy atom. The van der Waals surface area contributed by atoms with E-state index in [9.17, 15) is 14.0 Å². The third-order valence-corrected chi connectivity index (χ3v) is 3.73. The molecular formula is C20H18FNO5. The van der Waals surface area contributed by atoms with Crippen LogP contribution in [-0.4, -0.2) is 31.2 Å². The van der Waals surface area contributed by atoms with Gasteiger partial charge in [-0.05, 0) is 42.8 Å². The molecule has 27 heavy (non-hydrogen) atoms. The average molecular weight is 371 g/mol. The lowest BCUT2D eigenvalue weighted by atomic mass is 10.2. The summed E-state index contributed by atoms with van der Waals surface area (Å²) in [6.45, 7) is 2.38. The van der Waals surface area contributed by atoms with Crippen LogP contribution in [0.25, 0.3) is 6.08 Å². The van der Waals surface area contributed by atoms with Gasteiger partial charge in [0.05, 0.1) is 0 Å². The summed E-state index contributed by atoms with van der Waals surface area (Å²) in [6, 6.07) is 10.8. The minimum Gasteiger partial charge on any atom is -0.486 e. The largest absolute Gasteiger partial charge is 0.486 e. The molecule has 1 amide bonds. The standard InChI is InChI=1S/C20H18FNO5/c1-13(27-19(23)8-5-14-3-2-4-15(21)11-14)20(24)22-16-6-7-17-18(12-16)26-10-9-25-17/h2-8,11-13H,9-10H2,1H3,(H,22,24)/b8-5+. The van der Waals surface area contributed by atoms with E-state index in [4.69, 9.17) is 14.2 Å². The highest BCUT2D eigenvalue weighted by molar-refractivity contribution is 5.96. The first-order chi connectivity index (χ1) is 13.0. The number of halogens is 1. The Balaban J connectivity index is 1.55. The first-order valence-corrected chi connectivity index (χ1v) is 8.36. The monoisotopic (exact) mass is 371 g/mol. The molecule has 1 aliphatic rings. The predicted molar refractivity (Wildman–Crippen MR) is 97.0 cm³/mol. The second-order valence-corrected chi connectivity index (χ2v) is 5.82. The van der Waals surface area contributed by atoms with E-state index in [2.05, 4.69) is 5.32 Å². The van der Waals surface area contributed by atoms with Crippen molar-refractivity contribution in [1.82, 2.24) is 0 Å². The number of amides is 1. The van der Waals surface area contributed by atoms with Crippen molar-refractivity contribution in [3.63, 3.8) is 0 Å². The molecule has 0 aromatic heterocycles. The van der Waals surface area contributed by atoms with Gasteiger partial charge in [0.1, 0.15) is 19.0 Å². The minimum absolute atomic E-state index is 0.405. The van der Waals surface area contributed by atoms with Crippen molar-refractivity contribution in [2.24, 2.45) is 0 Å². The number of benzene rings is 2.